The number of methoxy groups -OCH3 is 1. The first-order chi connectivity index (χ1) is 12.1. The van der Waals surface area contributed by atoms with Gasteiger partial charge in [-0.3, -0.25) is 4.79 Å². The van der Waals surface area contributed by atoms with E-state index in [1.165, 1.54) is 0 Å². The average molecular weight is 336 g/mol. The summed E-state index contributed by atoms with van der Waals surface area (Å²) in [6.07, 6.45) is 0. The van der Waals surface area contributed by atoms with Crippen LogP contribution in [0.4, 0.5) is 5.69 Å². The predicted octanol–water partition coefficient (Wildman–Crippen LogP) is 3.21. The second-order valence-electron chi connectivity index (χ2n) is 5.74. The topological polar surface area (TPSA) is 69.0 Å². The molecule has 0 unspecified atom stereocenters. The molecule has 128 valence electrons. The highest BCUT2D eigenvalue weighted by Gasteiger charge is 2.14. The van der Waals surface area contributed by atoms with Crippen LogP contribution in [0, 0.1) is 13.8 Å². The zero-order valence-electron chi connectivity index (χ0n) is 14.5. The lowest BCUT2D eigenvalue weighted by Crippen LogP contribution is -2.20. The maximum atomic E-state index is 12.4. The number of benzene rings is 2. The van der Waals surface area contributed by atoms with Crippen LogP contribution in [0.5, 0.6) is 5.75 Å². The van der Waals surface area contributed by atoms with Crippen LogP contribution in [0.1, 0.15) is 11.4 Å². The molecule has 0 saturated heterocycles. The molecule has 0 bridgehead atoms. The Balaban J connectivity index is 1.81. The van der Waals surface area contributed by atoms with Crippen molar-refractivity contribution in [3.8, 4) is 17.1 Å². The van der Waals surface area contributed by atoms with E-state index in [2.05, 4.69) is 15.4 Å². The number of amides is 1. The van der Waals surface area contributed by atoms with Gasteiger partial charge in [0.1, 0.15) is 18.1 Å². The number of hydrogen-bond donors (Lipinski definition) is 1. The molecule has 0 aliphatic rings. The number of aromatic nitrogens is 3. The van der Waals surface area contributed by atoms with E-state index in [1.54, 1.807) is 17.9 Å². The molecule has 3 aromatic rings. The fourth-order valence-corrected chi connectivity index (χ4v) is 2.63. The highest BCUT2D eigenvalue weighted by molar-refractivity contribution is 5.91. The molecular weight excluding hydrogens is 316 g/mol. The summed E-state index contributed by atoms with van der Waals surface area (Å²) in [6, 6.07) is 15.2. The minimum Gasteiger partial charge on any atom is -0.497 e. The van der Waals surface area contributed by atoms with E-state index in [0.29, 0.717) is 23.1 Å². The summed E-state index contributed by atoms with van der Waals surface area (Å²) in [5.74, 6) is 1.84. The number of nitrogens with zero attached hydrogens (tertiary/aromatic N) is 3. The van der Waals surface area contributed by atoms with E-state index in [9.17, 15) is 4.79 Å². The number of aryl methyl sites for hydroxylation is 2. The van der Waals surface area contributed by atoms with Crippen molar-refractivity contribution in [2.45, 2.75) is 20.4 Å². The van der Waals surface area contributed by atoms with Gasteiger partial charge in [0.15, 0.2) is 5.82 Å². The summed E-state index contributed by atoms with van der Waals surface area (Å²) < 4.78 is 6.80. The van der Waals surface area contributed by atoms with Crippen molar-refractivity contribution in [3.63, 3.8) is 0 Å². The molecule has 6 heteroatoms. The minimum absolute atomic E-state index is 0.0850. The molecule has 25 heavy (non-hydrogen) atoms. The highest BCUT2D eigenvalue weighted by atomic mass is 16.5. The molecule has 0 atom stereocenters. The van der Waals surface area contributed by atoms with Gasteiger partial charge in [0, 0.05) is 17.3 Å². The van der Waals surface area contributed by atoms with Crippen LogP contribution >= 0.6 is 0 Å². The van der Waals surface area contributed by atoms with E-state index in [-0.39, 0.29) is 12.5 Å². The first kappa shape index (κ1) is 16.7. The third kappa shape index (κ3) is 3.85. The van der Waals surface area contributed by atoms with Crippen molar-refractivity contribution in [1.29, 1.82) is 0 Å². The fraction of sp³-hybridized carbons (Fsp3) is 0.211. The molecule has 0 aliphatic carbocycles. The number of hydrogen-bond acceptors (Lipinski definition) is 4. The number of ether oxygens (including phenoxy) is 1. The summed E-state index contributed by atoms with van der Waals surface area (Å²) in [5, 5.41) is 7.22. The molecule has 6 nitrogen and oxygen atoms in total. The lowest BCUT2D eigenvalue weighted by Gasteiger charge is -2.09. The third-order valence-corrected chi connectivity index (χ3v) is 3.81. The zero-order valence-corrected chi connectivity index (χ0v) is 14.5. The van der Waals surface area contributed by atoms with Gasteiger partial charge >= 0.3 is 0 Å². The predicted molar refractivity (Wildman–Crippen MR) is 96.6 cm³/mol. The first-order valence-electron chi connectivity index (χ1n) is 7.98. The van der Waals surface area contributed by atoms with Crippen LogP contribution in [-0.4, -0.2) is 27.8 Å². The Morgan fingerprint density at radius 1 is 1.16 bits per heavy atom. The normalized spacial score (nSPS) is 10.5. The second kappa shape index (κ2) is 7.17. The summed E-state index contributed by atoms with van der Waals surface area (Å²) in [7, 11) is 1.59. The maximum absolute atomic E-state index is 12.4. The Labute approximate surface area is 146 Å². The molecule has 0 fully saturated rings. The highest BCUT2D eigenvalue weighted by Crippen LogP contribution is 2.22. The van der Waals surface area contributed by atoms with E-state index >= 15 is 0 Å². The summed E-state index contributed by atoms with van der Waals surface area (Å²) in [6.45, 7) is 3.92. The molecule has 0 aliphatic heterocycles. The largest absolute Gasteiger partial charge is 0.497 e. The Morgan fingerprint density at radius 2 is 1.96 bits per heavy atom. The number of rotatable bonds is 5. The standard InChI is InChI=1S/C19H20N4O2/c1-13-7-4-5-10-17(13)19-20-14(2)22-23(19)12-18(24)21-15-8-6-9-16(11-15)25-3/h4-11H,12H2,1-3H3,(H,21,24). The van der Waals surface area contributed by atoms with Crippen LogP contribution < -0.4 is 10.1 Å². The van der Waals surface area contributed by atoms with Gasteiger partial charge in [0.05, 0.1) is 7.11 Å². The molecule has 0 spiro atoms. The monoisotopic (exact) mass is 336 g/mol. The molecule has 2 aromatic carbocycles. The van der Waals surface area contributed by atoms with Gasteiger partial charge in [-0.1, -0.05) is 30.3 Å². The Kier molecular flexibility index (Phi) is 4.79. The Morgan fingerprint density at radius 3 is 2.72 bits per heavy atom. The third-order valence-electron chi connectivity index (χ3n) is 3.81. The molecule has 1 heterocycles. The average Bonchev–Trinajstić information content (AvgIpc) is 2.95. The molecule has 3 rings (SSSR count). The number of carbonyl (C=O) groups is 1. The van der Waals surface area contributed by atoms with Crippen molar-refractivity contribution in [2.75, 3.05) is 12.4 Å². The molecule has 1 aromatic heterocycles. The van der Waals surface area contributed by atoms with Crippen molar-refractivity contribution in [2.24, 2.45) is 0 Å². The fourth-order valence-electron chi connectivity index (χ4n) is 2.63. The SMILES string of the molecule is COc1cccc(NC(=O)Cn2nc(C)nc2-c2ccccc2C)c1. The van der Waals surface area contributed by atoms with Crippen LogP contribution in [0.25, 0.3) is 11.4 Å². The van der Waals surface area contributed by atoms with Crippen LogP contribution in [0.2, 0.25) is 0 Å². The van der Waals surface area contributed by atoms with Gasteiger partial charge < -0.3 is 10.1 Å². The molecule has 0 radical (unpaired) electrons. The van der Waals surface area contributed by atoms with E-state index < -0.39 is 0 Å². The van der Waals surface area contributed by atoms with E-state index in [0.717, 1.165) is 11.1 Å². The second-order valence-corrected chi connectivity index (χ2v) is 5.74. The number of carbonyl (C=O) groups excluding carboxylic acids is 1. The minimum atomic E-state index is -0.173. The smallest absolute Gasteiger partial charge is 0.246 e. The van der Waals surface area contributed by atoms with Crippen LogP contribution in [-0.2, 0) is 11.3 Å². The van der Waals surface area contributed by atoms with Crippen molar-refractivity contribution in [3.05, 3.63) is 59.9 Å². The quantitative estimate of drug-likeness (QED) is 0.777. The van der Waals surface area contributed by atoms with Gasteiger partial charge in [-0.25, -0.2) is 9.67 Å². The lowest BCUT2D eigenvalue weighted by molar-refractivity contribution is -0.116. The molecular formula is C19H20N4O2. The first-order valence-corrected chi connectivity index (χ1v) is 7.98. The van der Waals surface area contributed by atoms with Crippen molar-refractivity contribution in [1.82, 2.24) is 14.8 Å². The van der Waals surface area contributed by atoms with E-state index in [4.69, 9.17) is 4.74 Å². The number of nitrogens with one attached hydrogen (secondary N) is 1. The maximum Gasteiger partial charge on any atom is 0.246 e. The summed E-state index contributed by atoms with van der Waals surface area (Å²) in [5.41, 5.74) is 2.74. The van der Waals surface area contributed by atoms with Crippen molar-refractivity contribution >= 4 is 11.6 Å². The molecule has 1 amide bonds. The molecule has 1 N–H and O–H groups in total. The Bertz CT molecular complexity index is 902. The molecule has 0 saturated carbocycles. The Hall–Kier alpha value is -3.15. The van der Waals surface area contributed by atoms with Crippen LogP contribution in [0.15, 0.2) is 48.5 Å². The lowest BCUT2D eigenvalue weighted by atomic mass is 10.1. The van der Waals surface area contributed by atoms with Crippen LogP contribution in [0.3, 0.4) is 0 Å². The van der Waals surface area contributed by atoms with Gasteiger partial charge in [0.25, 0.3) is 0 Å². The van der Waals surface area contributed by atoms with Gasteiger partial charge in [0.2, 0.25) is 5.91 Å². The zero-order chi connectivity index (χ0) is 17.8. The van der Waals surface area contributed by atoms with Gasteiger partial charge in [-0.05, 0) is 31.5 Å². The number of anilines is 1. The summed E-state index contributed by atoms with van der Waals surface area (Å²) >= 11 is 0. The summed E-state index contributed by atoms with van der Waals surface area (Å²) in [4.78, 5) is 16.9. The van der Waals surface area contributed by atoms with E-state index in [1.807, 2.05) is 56.3 Å². The van der Waals surface area contributed by atoms with Gasteiger partial charge in [-0.2, -0.15) is 5.10 Å². The van der Waals surface area contributed by atoms with Crippen molar-refractivity contribution < 1.29 is 9.53 Å². The van der Waals surface area contributed by atoms with Gasteiger partial charge in [-0.15, -0.1) is 0 Å².